The molecule has 0 bridgehead atoms. The van der Waals surface area contributed by atoms with Crippen LogP contribution in [0.3, 0.4) is 0 Å². The largest absolute Gasteiger partial charge is 0.494 e. The van der Waals surface area contributed by atoms with Gasteiger partial charge in [0.2, 0.25) is 11.8 Å². The van der Waals surface area contributed by atoms with Gasteiger partial charge in [0.1, 0.15) is 5.75 Å². The monoisotopic (exact) mass is 305 g/mol. The Balaban J connectivity index is 1.77. The number of hydrogen-bond acceptors (Lipinski definition) is 4. The Morgan fingerprint density at radius 1 is 1.09 bits per heavy atom. The summed E-state index contributed by atoms with van der Waals surface area (Å²) in [5, 5.41) is 3.12. The van der Waals surface area contributed by atoms with Crippen LogP contribution in [0.1, 0.15) is 13.8 Å². The van der Waals surface area contributed by atoms with E-state index in [0.29, 0.717) is 32.8 Å². The van der Waals surface area contributed by atoms with E-state index in [1.54, 1.807) is 16.7 Å². The van der Waals surface area contributed by atoms with Crippen LogP contribution in [-0.4, -0.2) is 60.9 Å². The second-order valence-electron chi connectivity index (χ2n) is 5.20. The minimum atomic E-state index is 0.0529. The number of anilines is 1. The molecule has 1 heterocycles. The SMILES string of the molecule is CCOc1ccc(NCC(=O)N2CCN(C(C)=O)CC2)cc1. The fourth-order valence-electron chi connectivity index (χ4n) is 2.40. The van der Waals surface area contributed by atoms with Crippen molar-refractivity contribution in [1.82, 2.24) is 9.80 Å². The molecular weight excluding hydrogens is 282 g/mol. The molecule has 120 valence electrons. The number of ether oxygens (including phenoxy) is 1. The van der Waals surface area contributed by atoms with Crippen molar-refractivity contribution in [3.05, 3.63) is 24.3 Å². The summed E-state index contributed by atoms with van der Waals surface area (Å²) in [6.07, 6.45) is 0. The molecule has 2 rings (SSSR count). The van der Waals surface area contributed by atoms with E-state index in [0.717, 1.165) is 11.4 Å². The van der Waals surface area contributed by atoms with E-state index in [2.05, 4.69) is 5.32 Å². The molecule has 1 aromatic rings. The number of hydrogen-bond donors (Lipinski definition) is 1. The van der Waals surface area contributed by atoms with Gasteiger partial charge in [-0.05, 0) is 31.2 Å². The van der Waals surface area contributed by atoms with E-state index in [1.807, 2.05) is 31.2 Å². The first kappa shape index (κ1) is 16.1. The number of carbonyl (C=O) groups excluding carboxylic acids is 2. The van der Waals surface area contributed by atoms with Crippen LogP contribution < -0.4 is 10.1 Å². The van der Waals surface area contributed by atoms with Gasteiger partial charge in [0.15, 0.2) is 0 Å². The Hall–Kier alpha value is -2.24. The van der Waals surface area contributed by atoms with Crippen LogP contribution in [0.2, 0.25) is 0 Å². The third-order valence-electron chi connectivity index (χ3n) is 3.69. The number of carbonyl (C=O) groups is 2. The Morgan fingerprint density at radius 2 is 1.68 bits per heavy atom. The third-order valence-corrected chi connectivity index (χ3v) is 3.69. The molecule has 0 aliphatic carbocycles. The summed E-state index contributed by atoms with van der Waals surface area (Å²) < 4.78 is 5.38. The maximum absolute atomic E-state index is 12.2. The van der Waals surface area contributed by atoms with Gasteiger partial charge in [-0.1, -0.05) is 0 Å². The van der Waals surface area contributed by atoms with Gasteiger partial charge in [0.25, 0.3) is 0 Å². The molecule has 1 aliphatic heterocycles. The molecule has 1 aromatic carbocycles. The zero-order valence-corrected chi connectivity index (χ0v) is 13.2. The van der Waals surface area contributed by atoms with Crippen LogP contribution in [0.5, 0.6) is 5.75 Å². The second-order valence-corrected chi connectivity index (χ2v) is 5.20. The number of piperazine rings is 1. The molecule has 0 aromatic heterocycles. The van der Waals surface area contributed by atoms with Crippen LogP contribution >= 0.6 is 0 Å². The smallest absolute Gasteiger partial charge is 0.241 e. The molecule has 22 heavy (non-hydrogen) atoms. The molecule has 0 spiro atoms. The summed E-state index contributed by atoms with van der Waals surface area (Å²) in [7, 11) is 0. The lowest BCUT2D eigenvalue weighted by Gasteiger charge is -2.34. The first-order valence-corrected chi connectivity index (χ1v) is 7.60. The first-order chi connectivity index (χ1) is 10.6. The van der Waals surface area contributed by atoms with Crippen molar-refractivity contribution in [2.24, 2.45) is 0 Å². The van der Waals surface area contributed by atoms with E-state index in [4.69, 9.17) is 4.74 Å². The summed E-state index contributed by atoms with van der Waals surface area (Å²) in [5.74, 6) is 0.941. The second kappa shape index (κ2) is 7.68. The number of benzene rings is 1. The average Bonchev–Trinajstić information content (AvgIpc) is 2.54. The summed E-state index contributed by atoms with van der Waals surface area (Å²) in [4.78, 5) is 27.0. The van der Waals surface area contributed by atoms with Gasteiger partial charge in [0.05, 0.1) is 13.2 Å². The maximum atomic E-state index is 12.2. The number of nitrogens with one attached hydrogen (secondary N) is 1. The van der Waals surface area contributed by atoms with Crippen LogP contribution in [-0.2, 0) is 9.59 Å². The van der Waals surface area contributed by atoms with Gasteiger partial charge >= 0.3 is 0 Å². The highest BCUT2D eigenvalue weighted by Crippen LogP contribution is 2.15. The highest BCUT2D eigenvalue weighted by Gasteiger charge is 2.21. The summed E-state index contributed by atoms with van der Waals surface area (Å²) in [5.41, 5.74) is 0.888. The average molecular weight is 305 g/mol. The number of nitrogens with zero attached hydrogens (tertiary/aromatic N) is 2. The topological polar surface area (TPSA) is 61.9 Å². The predicted octanol–water partition coefficient (Wildman–Crippen LogP) is 1.19. The fourth-order valence-corrected chi connectivity index (χ4v) is 2.40. The molecule has 1 saturated heterocycles. The minimum Gasteiger partial charge on any atom is -0.494 e. The minimum absolute atomic E-state index is 0.0529. The Labute approximate surface area is 131 Å². The van der Waals surface area contributed by atoms with Crippen molar-refractivity contribution in [3.63, 3.8) is 0 Å². The van der Waals surface area contributed by atoms with Gasteiger partial charge < -0.3 is 19.9 Å². The van der Waals surface area contributed by atoms with Crippen LogP contribution in [0, 0.1) is 0 Å². The summed E-state index contributed by atoms with van der Waals surface area (Å²) in [6, 6.07) is 7.54. The molecular formula is C16H23N3O3. The molecule has 0 saturated carbocycles. The van der Waals surface area contributed by atoms with Crippen LogP contribution in [0.25, 0.3) is 0 Å². The van der Waals surface area contributed by atoms with Gasteiger partial charge in [-0.2, -0.15) is 0 Å². The van der Waals surface area contributed by atoms with E-state index in [1.165, 1.54) is 0 Å². The highest BCUT2D eigenvalue weighted by molar-refractivity contribution is 5.81. The van der Waals surface area contributed by atoms with Crippen molar-refractivity contribution in [2.45, 2.75) is 13.8 Å². The first-order valence-electron chi connectivity index (χ1n) is 7.60. The summed E-state index contributed by atoms with van der Waals surface area (Å²) >= 11 is 0. The summed E-state index contributed by atoms with van der Waals surface area (Å²) in [6.45, 7) is 6.83. The predicted molar refractivity (Wildman–Crippen MR) is 84.9 cm³/mol. The lowest BCUT2D eigenvalue weighted by atomic mass is 10.3. The fraction of sp³-hybridized carbons (Fsp3) is 0.500. The van der Waals surface area contributed by atoms with Gasteiger partial charge in [0, 0.05) is 38.8 Å². The number of amides is 2. The Bertz CT molecular complexity index is 508. The molecule has 1 aliphatic rings. The maximum Gasteiger partial charge on any atom is 0.241 e. The molecule has 6 heteroatoms. The van der Waals surface area contributed by atoms with E-state index in [-0.39, 0.29) is 18.4 Å². The molecule has 0 radical (unpaired) electrons. The van der Waals surface area contributed by atoms with Crippen molar-refractivity contribution in [2.75, 3.05) is 44.6 Å². The third kappa shape index (κ3) is 4.38. The lowest BCUT2D eigenvalue weighted by Crippen LogP contribution is -2.51. The van der Waals surface area contributed by atoms with Crippen molar-refractivity contribution < 1.29 is 14.3 Å². The van der Waals surface area contributed by atoms with E-state index in [9.17, 15) is 9.59 Å². The van der Waals surface area contributed by atoms with E-state index < -0.39 is 0 Å². The lowest BCUT2D eigenvalue weighted by molar-refractivity contribution is -0.137. The van der Waals surface area contributed by atoms with Crippen LogP contribution in [0.15, 0.2) is 24.3 Å². The molecule has 6 nitrogen and oxygen atoms in total. The van der Waals surface area contributed by atoms with Gasteiger partial charge in [-0.25, -0.2) is 0 Å². The van der Waals surface area contributed by atoms with Crippen molar-refractivity contribution in [3.8, 4) is 5.75 Å². The molecule has 2 amide bonds. The Kier molecular flexibility index (Phi) is 5.63. The molecule has 1 fully saturated rings. The molecule has 0 unspecified atom stereocenters. The molecule has 0 atom stereocenters. The van der Waals surface area contributed by atoms with Gasteiger partial charge in [-0.3, -0.25) is 9.59 Å². The van der Waals surface area contributed by atoms with E-state index >= 15 is 0 Å². The Morgan fingerprint density at radius 3 is 2.23 bits per heavy atom. The van der Waals surface area contributed by atoms with Crippen molar-refractivity contribution >= 4 is 17.5 Å². The number of rotatable bonds is 5. The zero-order chi connectivity index (χ0) is 15.9. The van der Waals surface area contributed by atoms with Crippen molar-refractivity contribution in [1.29, 1.82) is 0 Å². The zero-order valence-electron chi connectivity index (χ0n) is 13.2. The highest BCUT2D eigenvalue weighted by atomic mass is 16.5. The quantitative estimate of drug-likeness (QED) is 0.887. The molecule has 1 N–H and O–H groups in total. The van der Waals surface area contributed by atoms with Gasteiger partial charge in [-0.15, -0.1) is 0 Å². The van der Waals surface area contributed by atoms with Crippen LogP contribution in [0.4, 0.5) is 5.69 Å². The standard InChI is InChI=1S/C16H23N3O3/c1-3-22-15-6-4-14(5-7-15)17-12-16(21)19-10-8-18(9-11-19)13(2)20/h4-7,17H,3,8-12H2,1-2H3. The normalized spacial score (nSPS) is 14.6.